The van der Waals surface area contributed by atoms with Gasteiger partial charge in [0.1, 0.15) is 108 Å². The molecule has 0 amide bonds. The van der Waals surface area contributed by atoms with Gasteiger partial charge in [0.25, 0.3) is 0 Å². The maximum absolute atomic E-state index is 13.7. The number of hydrogen-bond acceptors (Lipinski definition) is 24. The standard InChI is InChI=1S/C31H40F3N7O2.C30H38F3N7O3.C29H40N8O3/c1-30(2,3)19-5-6-22-23(13-19)39-25(38-22)7-4-17-10-20(11-17)40(15-31(32,33)34)14-18-12-24(27(43)26(18)42)41-9-8-21-28(35)36-16-37-29(21)41;1-29(2,3)17-5-6-20-21(12-17)38-23(37-20)7-4-16-10-18(11-16)39(14-30(31,32)33)13-22-24(41)25(42)28(43-22)40-9-8-19-26(34)35-15-36-27(19)40;1-5-36(13-21-24(38)25(39)28(40-21)37-15-33-23-26(30)31-14-32-27(23)37)18-10-16(11-18)6-9-22-34-19-8-7-17(29(2,3)4)12-20(19)35-22/h5-6,8-9,13,16-18,20,24,26-27,42-43H,4,7,10-12,14-15H2,1-3H3,(H,38,39)(H2,35,36,37);5-6,8-9,12,15-16,18,22,24-25,28,41-42H,4,7,10-11,13-14H2,1-3H3,(H,37,38)(H2,34,35,36);7-8,12,14-16,18,21,24-25,28,38-39H,5-6,9-11,13H2,1-4H3,(H,34,35)(H2,30,31,32)/t17?,18-,20?,24-,26-,27+;16?,18?,22-,24-,25-,28-;16?,18?,21-,24-,25-,28-/m111/s1. The highest BCUT2D eigenvalue weighted by Crippen LogP contribution is 2.45. The van der Waals surface area contributed by atoms with E-state index in [0.717, 1.165) is 102 Å². The van der Waals surface area contributed by atoms with Gasteiger partial charge in [-0.25, -0.2) is 49.8 Å². The van der Waals surface area contributed by atoms with Crippen LogP contribution in [0.4, 0.5) is 43.8 Å². The predicted octanol–water partition coefficient (Wildman–Crippen LogP) is 11.8. The van der Waals surface area contributed by atoms with Crippen molar-refractivity contribution in [2.24, 2.45) is 23.7 Å². The number of hydrogen-bond donors (Lipinski definition) is 12. The number of anilines is 3. The van der Waals surface area contributed by atoms with E-state index in [-0.39, 0.29) is 59.0 Å². The summed E-state index contributed by atoms with van der Waals surface area (Å²) in [7, 11) is 0. The van der Waals surface area contributed by atoms with Gasteiger partial charge in [0, 0.05) is 75.3 Å². The van der Waals surface area contributed by atoms with Gasteiger partial charge in [0.05, 0.1) is 75.4 Å². The zero-order valence-corrected chi connectivity index (χ0v) is 72.8. The summed E-state index contributed by atoms with van der Waals surface area (Å²) >= 11 is 0. The lowest BCUT2D eigenvalue weighted by Crippen LogP contribution is -2.52. The zero-order valence-electron chi connectivity index (χ0n) is 72.8. The summed E-state index contributed by atoms with van der Waals surface area (Å²) in [6, 6.07) is 21.8. The lowest BCUT2D eigenvalue weighted by Gasteiger charge is -2.44. The topological polar surface area (TPSA) is 419 Å². The number of imidazole rings is 4. The fourth-order valence-corrected chi connectivity index (χ4v) is 19.4. The number of aliphatic hydroxyl groups excluding tert-OH is 6. The molecule has 12 aromatic rings. The molecule has 0 bridgehead atoms. The molecule has 2 saturated heterocycles. The number of nitrogens with zero attached hydrogens (tertiary/aromatic N) is 16. The first kappa shape index (κ1) is 89.8. The highest BCUT2D eigenvalue weighted by molar-refractivity contribution is 5.87. The van der Waals surface area contributed by atoms with Crippen molar-refractivity contribution in [2.75, 3.05) is 56.5 Å². The van der Waals surface area contributed by atoms with Crippen LogP contribution in [0.15, 0.2) is 104 Å². The smallest absolute Gasteiger partial charge is 0.390 e. The minimum atomic E-state index is -4.42. The highest BCUT2D eigenvalue weighted by atomic mass is 19.4. The second-order valence-corrected chi connectivity index (χ2v) is 38.9. The van der Waals surface area contributed by atoms with E-state index in [0.29, 0.717) is 102 Å². The van der Waals surface area contributed by atoms with Crippen molar-refractivity contribution < 1.29 is 66.5 Å². The molecule has 0 spiro atoms. The number of aliphatic hydroxyl groups is 6. The van der Waals surface area contributed by atoms with Gasteiger partial charge in [0.15, 0.2) is 23.9 Å². The number of nitrogens with two attached hydrogens (primary N) is 3. The lowest BCUT2D eigenvalue weighted by atomic mass is 9.76. The van der Waals surface area contributed by atoms with E-state index < -0.39 is 98.7 Å². The normalized spacial score (nSPS) is 26.7. The minimum absolute atomic E-state index is 0.0292. The summed E-state index contributed by atoms with van der Waals surface area (Å²) in [5, 5.41) is 66.3. The van der Waals surface area contributed by atoms with Crippen LogP contribution >= 0.6 is 0 Å². The van der Waals surface area contributed by atoms with Crippen LogP contribution in [0.2, 0.25) is 0 Å². The maximum atomic E-state index is 13.7. The zero-order chi connectivity index (χ0) is 89.5. The average Bonchev–Trinajstić information content (AvgIpc) is 1.62. The molecule has 11 heterocycles. The number of nitrogens with one attached hydrogen (secondary N) is 3. The van der Waals surface area contributed by atoms with Gasteiger partial charge in [-0.3, -0.25) is 19.3 Å². The van der Waals surface area contributed by atoms with Gasteiger partial charge >= 0.3 is 12.4 Å². The fraction of sp³-hybridized carbons (Fsp3) is 0.578. The number of aryl methyl sites for hydroxylation is 3. The molecular formula is C90H118F6N22O8. The van der Waals surface area contributed by atoms with Gasteiger partial charge in [-0.2, -0.15) is 26.3 Å². The number of likely N-dealkylation sites (N-methyl/N-ethyl adjacent to an activating group) is 1. The van der Waals surface area contributed by atoms with E-state index in [1.54, 1.807) is 33.7 Å². The van der Waals surface area contributed by atoms with Crippen LogP contribution in [0.1, 0.15) is 186 Å². The summed E-state index contributed by atoms with van der Waals surface area (Å²) in [6.07, 6.45) is -0.221. The molecule has 6 aliphatic rings. The number of nitrogen functional groups attached to an aromatic ring is 3. The number of aromatic amines is 3. The lowest BCUT2D eigenvalue weighted by molar-refractivity contribution is -0.164. The van der Waals surface area contributed by atoms with Crippen molar-refractivity contribution in [3.05, 3.63) is 139 Å². The number of aromatic nitrogens is 16. The molecule has 6 fully saturated rings. The third-order valence-electron chi connectivity index (χ3n) is 27.0. The third kappa shape index (κ3) is 19.4. The predicted molar refractivity (Wildman–Crippen MR) is 466 cm³/mol. The van der Waals surface area contributed by atoms with Gasteiger partial charge in [0.2, 0.25) is 0 Å². The molecule has 0 radical (unpaired) electrons. The molecule has 4 saturated carbocycles. The summed E-state index contributed by atoms with van der Waals surface area (Å²) in [5.74, 6) is 4.35. The van der Waals surface area contributed by atoms with Crippen molar-refractivity contribution in [2.45, 2.75) is 267 Å². The minimum Gasteiger partial charge on any atom is -0.390 e. The first-order valence-electron chi connectivity index (χ1n) is 43.9. The summed E-state index contributed by atoms with van der Waals surface area (Å²) in [6.45, 7) is 21.0. The number of alkyl halides is 6. The number of benzene rings is 3. The van der Waals surface area contributed by atoms with Crippen LogP contribution < -0.4 is 17.2 Å². The Labute approximate surface area is 725 Å². The monoisotopic (exact) mass is 1750 g/mol. The maximum Gasteiger partial charge on any atom is 0.401 e. The molecular weight excluding hydrogens is 1630 g/mol. The summed E-state index contributed by atoms with van der Waals surface area (Å²) in [4.78, 5) is 58.7. The Kier molecular flexibility index (Phi) is 25.3. The van der Waals surface area contributed by atoms with Gasteiger partial charge in [-0.15, -0.1) is 0 Å². The van der Waals surface area contributed by atoms with Crippen molar-refractivity contribution >= 4 is 83.8 Å². The second-order valence-electron chi connectivity index (χ2n) is 38.9. The number of halogens is 6. The molecule has 15 N–H and O–H groups in total. The Morgan fingerprint density at radius 1 is 0.429 bits per heavy atom. The molecule has 4 aliphatic carbocycles. The number of rotatable bonds is 24. The molecule has 18 rings (SSSR count). The van der Waals surface area contributed by atoms with E-state index in [1.165, 1.54) is 56.4 Å². The van der Waals surface area contributed by atoms with Gasteiger partial charge in [-0.1, -0.05) is 87.4 Å². The largest absolute Gasteiger partial charge is 0.401 e. The summed E-state index contributed by atoms with van der Waals surface area (Å²) < 4.78 is 98.9. The first-order valence-corrected chi connectivity index (χ1v) is 43.9. The van der Waals surface area contributed by atoms with E-state index in [4.69, 9.17) is 41.6 Å². The summed E-state index contributed by atoms with van der Waals surface area (Å²) in [5.41, 5.74) is 29.5. The quantitative estimate of drug-likeness (QED) is 0.0250. The molecule has 0 unspecified atom stereocenters. The SMILES string of the molecule is CC(C)(C)c1ccc2nc(CCC3CC(N(C[C@H]4C[C@@H](n5ccc6c(N)ncnc65)[C@H](O)[C@@H]4O)CC(F)(F)F)C3)[nH]c2c1.CC(C)(C)c1ccc2nc(CCC3CC(N(C[C@H]4O[C@@H](n5ccc6c(N)ncnc65)[C@H](O)[C@@H]4O)CC(F)(F)F)C3)[nH]c2c1.CCN(C[C@H]1O[C@@H](n2cnc3c(N)ncnc32)[C@H](O)[C@@H]1O)C1CC(CCc2nc3ccc(C(C)(C)C)cc3[nH]2)C1. The van der Waals surface area contributed by atoms with Crippen LogP contribution in [-0.4, -0.2) is 242 Å². The van der Waals surface area contributed by atoms with E-state index >= 15 is 0 Å². The third-order valence-corrected chi connectivity index (χ3v) is 27.0. The Morgan fingerprint density at radius 3 is 1.23 bits per heavy atom. The Bertz CT molecular complexity index is 5540. The Morgan fingerprint density at radius 2 is 0.810 bits per heavy atom. The van der Waals surface area contributed by atoms with Crippen LogP contribution in [0.3, 0.4) is 0 Å². The van der Waals surface area contributed by atoms with E-state index in [2.05, 4.69) is 166 Å². The van der Waals surface area contributed by atoms with Crippen LogP contribution in [0, 0.1) is 23.7 Å². The Hall–Kier alpha value is -9.60. The van der Waals surface area contributed by atoms with Crippen molar-refractivity contribution in [3.63, 3.8) is 0 Å². The van der Waals surface area contributed by atoms with Crippen molar-refractivity contribution in [1.82, 2.24) is 93.2 Å². The number of ether oxygens (including phenoxy) is 2. The van der Waals surface area contributed by atoms with Crippen LogP contribution in [0.25, 0.3) is 66.3 Å². The molecule has 3 aromatic carbocycles. The molecule has 30 nitrogen and oxygen atoms in total. The number of fused-ring (bicyclic) bond motifs is 6. The van der Waals surface area contributed by atoms with Gasteiger partial charge < -0.3 is 81.4 Å². The first-order chi connectivity index (χ1) is 59.6. The molecule has 678 valence electrons. The van der Waals surface area contributed by atoms with Crippen LogP contribution in [0.5, 0.6) is 0 Å². The molecule has 2 aliphatic heterocycles. The average molecular weight is 1750 g/mol. The van der Waals surface area contributed by atoms with E-state index in [9.17, 15) is 57.0 Å². The molecule has 126 heavy (non-hydrogen) atoms. The molecule has 12 atom stereocenters. The van der Waals surface area contributed by atoms with Crippen LogP contribution in [-0.2, 0) is 45.0 Å². The second kappa shape index (κ2) is 35.5. The highest BCUT2D eigenvalue weighted by Gasteiger charge is 2.51. The van der Waals surface area contributed by atoms with Crippen molar-refractivity contribution in [1.29, 1.82) is 0 Å². The molecule has 9 aromatic heterocycles. The van der Waals surface area contributed by atoms with Crippen molar-refractivity contribution in [3.8, 4) is 0 Å². The fourth-order valence-electron chi connectivity index (χ4n) is 19.4. The molecule has 36 heteroatoms. The van der Waals surface area contributed by atoms with Gasteiger partial charge in [-0.05, 0) is 170 Å². The Balaban J connectivity index is 0.000000139. The number of H-pyrrole nitrogens is 3. The van der Waals surface area contributed by atoms with E-state index in [1.807, 2.05) is 12.1 Å².